The van der Waals surface area contributed by atoms with Crippen molar-refractivity contribution < 1.29 is 0 Å². The smallest absolute Gasteiger partial charge is 0.0629 e. The minimum absolute atomic E-state index is 0.344. The first-order valence-electron chi connectivity index (χ1n) is 5.82. The van der Waals surface area contributed by atoms with Crippen molar-refractivity contribution in [3.05, 3.63) is 46.7 Å². The summed E-state index contributed by atoms with van der Waals surface area (Å²) in [5, 5.41) is 5.67. The molecule has 0 saturated carbocycles. The Balaban J connectivity index is 2.19. The van der Waals surface area contributed by atoms with E-state index in [1.165, 1.54) is 4.88 Å². The van der Waals surface area contributed by atoms with Gasteiger partial charge in [-0.15, -0.1) is 11.3 Å². The molecule has 0 spiro atoms. The maximum absolute atomic E-state index is 5.79. The molecule has 0 saturated heterocycles. The van der Waals surface area contributed by atoms with E-state index < -0.39 is 0 Å². The molecule has 0 radical (unpaired) electrons. The molecule has 3 heteroatoms. The number of benzene rings is 1. The average molecular weight is 246 g/mol. The molecular formula is C14H18N2S. The first-order valence-corrected chi connectivity index (χ1v) is 6.70. The Morgan fingerprint density at radius 2 is 2.00 bits per heavy atom. The molecule has 2 nitrogen and oxygen atoms in total. The van der Waals surface area contributed by atoms with Crippen molar-refractivity contribution in [2.24, 2.45) is 5.92 Å². The van der Waals surface area contributed by atoms with Gasteiger partial charge < -0.3 is 11.1 Å². The summed E-state index contributed by atoms with van der Waals surface area (Å²) < 4.78 is 0. The number of nitrogen functional groups attached to an aromatic ring is 1. The van der Waals surface area contributed by atoms with Crippen molar-refractivity contribution in [2.45, 2.75) is 19.9 Å². The van der Waals surface area contributed by atoms with E-state index in [0.717, 1.165) is 11.4 Å². The Kier molecular flexibility index (Phi) is 3.69. The predicted molar refractivity (Wildman–Crippen MR) is 76.4 cm³/mol. The molecule has 3 N–H and O–H groups in total. The summed E-state index contributed by atoms with van der Waals surface area (Å²) in [6.07, 6.45) is 0. The summed E-state index contributed by atoms with van der Waals surface area (Å²) in [6, 6.07) is 12.5. The zero-order valence-corrected chi connectivity index (χ0v) is 11.0. The summed E-state index contributed by atoms with van der Waals surface area (Å²) in [7, 11) is 0. The Labute approximate surface area is 106 Å². The van der Waals surface area contributed by atoms with Crippen molar-refractivity contribution in [1.29, 1.82) is 0 Å². The highest BCUT2D eigenvalue weighted by atomic mass is 32.1. The van der Waals surface area contributed by atoms with Crippen LogP contribution in [0.15, 0.2) is 41.8 Å². The van der Waals surface area contributed by atoms with E-state index in [0.29, 0.717) is 12.0 Å². The standard InChI is InChI=1S/C14H18N2S/c1-10(2)14(13-7-4-8-17-13)16-12-6-3-5-11(15)9-12/h3-10,14,16H,15H2,1-2H3. The molecule has 2 rings (SSSR count). The van der Waals surface area contributed by atoms with Crippen LogP contribution in [0.4, 0.5) is 11.4 Å². The number of rotatable bonds is 4. The lowest BCUT2D eigenvalue weighted by atomic mass is 10.0. The average Bonchev–Trinajstić information content (AvgIpc) is 2.78. The van der Waals surface area contributed by atoms with Crippen molar-refractivity contribution in [2.75, 3.05) is 11.1 Å². The lowest BCUT2D eigenvalue weighted by Crippen LogP contribution is -2.15. The minimum atomic E-state index is 0.344. The topological polar surface area (TPSA) is 38.0 Å². The van der Waals surface area contributed by atoms with Gasteiger partial charge in [-0.1, -0.05) is 26.0 Å². The van der Waals surface area contributed by atoms with Gasteiger partial charge in [0, 0.05) is 16.3 Å². The second-order valence-corrected chi connectivity index (χ2v) is 5.49. The summed E-state index contributed by atoms with van der Waals surface area (Å²) in [6.45, 7) is 4.45. The van der Waals surface area contributed by atoms with E-state index in [-0.39, 0.29) is 0 Å². The number of hydrogen-bond donors (Lipinski definition) is 2. The first kappa shape index (κ1) is 12.0. The number of nitrogens with two attached hydrogens (primary N) is 1. The SMILES string of the molecule is CC(C)C(Nc1cccc(N)c1)c1cccs1. The summed E-state index contributed by atoms with van der Waals surface area (Å²) in [5.41, 5.74) is 7.67. The van der Waals surface area contributed by atoms with Crippen molar-refractivity contribution in [1.82, 2.24) is 0 Å². The molecule has 1 aromatic carbocycles. The van der Waals surface area contributed by atoms with Crippen molar-refractivity contribution in [3.63, 3.8) is 0 Å². The monoisotopic (exact) mass is 246 g/mol. The third kappa shape index (κ3) is 3.01. The Bertz CT molecular complexity index is 463. The number of hydrogen-bond acceptors (Lipinski definition) is 3. The van der Waals surface area contributed by atoms with Crippen LogP contribution in [0.3, 0.4) is 0 Å². The molecule has 1 aromatic heterocycles. The Hall–Kier alpha value is -1.48. The maximum Gasteiger partial charge on any atom is 0.0629 e. The normalized spacial score (nSPS) is 12.6. The van der Waals surface area contributed by atoms with Crippen molar-refractivity contribution in [3.8, 4) is 0 Å². The van der Waals surface area contributed by atoms with Gasteiger partial charge in [0.1, 0.15) is 0 Å². The Morgan fingerprint density at radius 1 is 1.18 bits per heavy atom. The molecule has 0 aliphatic heterocycles. The van der Waals surface area contributed by atoms with Crippen LogP contribution in [0.2, 0.25) is 0 Å². The highest BCUT2D eigenvalue weighted by Gasteiger charge is 2.16. The maximum atomic E-state index is 5.79. The molecule has 17 heavy (non-hydrogen) atoms. The molecule has 1 atom stereocenters. The van der Waals surface area contributed by atoms with Crippen LogP contribution in [-0.4, -0.2) is 0 Å². The van der Waals surface area contributed by atoms with Crippen LogP contribution in [0, 0.1) is 5.92 Å². The van der Waals surface area contributed by atoms with Crippen LogP contribution in [-0.2, 0) is 0 Å². The molecule has 0 fully saturated rings. The quantitative estimate of drug-likeness (QED) is 0.796. The van der Waals surface area contributed by atoms with Gasteiger partial charge in [0.2, 0.25) is 0 Å². The van der Waals surface area contributed by atoms with Gasteiger partial charge in [-0.3, -0.25) is 0 Å². The summed E-state index contributed by atoms with van der Waals surface area (Å²) in [4.78, 5) is 1.36. The molecule has 0 aliphatic carbocycles. The molecule has 2 aromatic rings. The highest BCUT2D eigenvalue weighted by molar-refractivity contribution is 7.10. The first-order chi connectivity index (χ1) is 8.16. The molecule has 90 valence electrons. The fraction of sp³-hybridized carbons (Fsp3) is 0.286. The third-order valence-corrected chi connectivity index (χ3v) is 3.68. The number of anilines is 2. The van der Waals surface area contributed by atoms with Crippen LogP contribution in [0.5, 0.6) is 0 Å². The van der Waals surface area contributed by atoms with E-state index in [4.69, 9.17) is 5.73 Å². The fourth-order valence-electron chi connectivity index (χ4n) is 1.84. The van der Waals surface area contributed by atoms with Crippen LogP contribution in [0.25, 0.3) is 0 Å². The van der Waals surface area contributed by atoms with Gasteiger partial charge in [0.25, 0.3) is 0 Å². The molecule has 1 unspecified atom stereocenters. The van der Waals surface area contributed by atoms with E-state index in [1.54, 1.807) is 11.3 Å². The Morgan fingerprint density at radius 3 is 2.59 bits per heavy atom. The van der Waals surface area contributed by atoms with E-state index in [2.05, 4.69) is 42.7 Å². The van der Waals surface area contributed by atoms with Gasteiger partial charge in [-0.25, -0.2) is 0 Å². The highest BCUT2D eigenvalue weighted by Crippen LogP contribution is 2.30. The van der Waals surface area contributed by atoms with Gasteiger partial charge in [0.05, 0.1) is 6.04 Å². The van der Waals surface area contributed by atoms with E-state index in [9.17, 15) is 0 Å². The van der Waals surface area contributed by atoms with Gasteiger partial charge in [0.15, 0.2) is 0 Å². The summed E-state index contributed by atoms with van der Waals surface area (Å²) in [5.74, 6) is 0.537. The van der Waals surface area contributed by atoms with Crippen LogP contribution >= 0.6 is 11.3 Å². The molecule has 0 amide bonds. The lowest BCUT2D eigenvalue weighted by Gasteiger charge is -2.22. The predicted octanol–water partition coefficient (Wildman–Crippen LogP) is 4.14. The van der Waals surface area contributed by atoms with Crippen LogP contribution < -0.4 is 11.1 Å². The van der Waals surface area contributed by atoms with E-state index in [1.807, 2.05) is 18.2 Å². The number of thiophene rings is 1. The lowest BCUT2D eigenvalue weighted by molar-refractivity contribution is 0.554. The summed E-state index contributed by atoms with van der Waals surface area (Å²) >= 11 is 1.79. The number of nitrogens with one attached hydrogen (secondary N) is 1. The second kappa shape index (κ2) is 5.23. The van der Waals surface area contributed by atoms with Crippen molar-refractivity contribution >= 4 is 22.7 Å². The van der Waals surface area contributed by atoms with Gasteiger partial charge in [-0.2, -0.15) is 0 Å². The second-order valence-electron chi connectivity index (χ2n) is 4.51. The zero-order valence-electron chi connectivity index (χ0n) is 10.2. The largest absolute Gasteiger partial charge is 0.399 e. The van der Waals surface area contributed by atoms with Gasteiger partial charge >= 0.3 is 0 Å². The zero-order chi connectivity index (χ0) is 12.3. The van der Waals surface area contributed by atoms with Gasteiger partial charge in [-0.05, 0) is 35.6 Å². The molecule has 0 aliphatic rings. The van der Waals surface area contributed by atoms with Crippen LogP contribution in [0.1, 0.15) is 24.8 Å². The third-order valence-electron chi connectivity index (χ3n) is 2.73. The minimum Gasteiger partial charge on any atom is -0.399 e. The fourth-order valence-corrected chi connectivity index (χ4v) is 2.79. The molecule has 0 bridgehead atoms. The molecule has 1 heterocycles. The molecular weight excluding hydrogens is 228 g/mol. The van der Waals surface area contributed by atoms with E-state index >= 15 is 0 Å².